The number of amides is 1. The van der Waals surface area contributed by atoms with Gasteiger partial charge in [0.25, 0.3) is 5.91 Å². The zero-order chi connectivity index (χ0) is 30.3. The van der Waals surface area contributed by atoms with Gasteiger partial charge in [-0.2, -0.15) is 0 Å². The van der Waals surface area contributed by atoms with E-state index in [1.54, 1.807) is 30.9 Å². The van der Waals surface area contributed by atoms with E-state index < -0.39 is 35.2 Å². The van der Waals surface area contributed by atoms with Gasteiger partial charge in [-0.3, -0.25) is 24.0 Å². The Morgan fingerprint density at radius 3 is 1.69 bits per heavy atom. The van der Waals surface area contributed by atoms with Crippen molar-refractivity contribution < 1.29 is 42.9 Å². The molecule has 1 saturated heterocycles. The molecule has 6 rings (SSSR count). The zero-order valence-electron chi connectivity index (χ0n) is 23.2. The Labute approximate surface area is 251 Å². The number of halogens is 2. The molecule has 1 aliphatic carbocycles. The van der Waals surface area contributed by atoms with Gasteiger partial charge >= 0.3 is 12.6 Å². The Balaban J connectivity index is 1.24. The number of likely N-dealkylation sites (tertiary alicyclic amines) is 1. The van der Waals surface area contributed by atoms with Crippen molar-refractivity contribution in [1.29, 1.82) is 0 Å². The van der Waals surface area contributed by atoms with Gasteiger partial charge < -0.3 is 23.8 Å². The summed E-state index contributed by atoms with van der Waals surface area (Å²) in [5, 5.41) is 0.0796. The second-order valence-corrected chi connectivity index (χ2v) is 12.7. The SMILES string of the molecule is CC(=O)C1Oc2ccc(C(=O)C3CC4(C)CN(C(=O)c5ccc6c(c5Cl)OC(C(C)=O)O6)CC(C)(C3)C4=O)c(Cl)c2O1. The smallest absolute Gasteiger partial charge is 0.300 e. The fraction of sp³-hybridized carbons (Fsp3) is 0.433. The van der Waals surface area contributed by atoms with E-state index in [1.165, 1.54) is 26.0 Å². The molecular weight excluding hydrogens is 589 g/mol. The lowest BCUT2D eigenvalue weighted by molar-refractivity contribution is -0.152. The molecule has 12 heteroatoms. The standard InChI is InChI=1S/C30H27Cl2NO9/c1-13(34)26-39-18-7-5-16(20(31)23(18)41-26)22(36)15-9-29(3)11-33(12-30(4,10-15)28(29)38)25(37)17-6-8-19-24(21(17)32)42-27(40-19)14(2)35/h5-8,15,26-27H,9-12H2,1-4H3. The maximum atomic E-state index is 13.8. The summed E-state index contributed by atoms with van der Waals surface area (Å²) in [6.07, 6.45) is -1.83. The molecule has 1 saturated carbocycles. The minimum absolute atomic E-state index is 0.00901. The first kappa shape index (κ1) is 28.5. The van der Waals surface area contributed by atoms with Crippen molar-refractivity contribution in [3.63, 3.8) is 0 Å². The van der Waals surface area contributed by atoms with Gasteiger partial charge in [0.2, 0.25) is 11.6 Å². The van der Waals surface area contributed by atoms with E-state index in [1.807, 2.05) is 0 Å². The van der Waals surface area contributed by atoms with Gasteiger partial charge in [-0.15, -0.1) is 0 Å². The molecule has 2 aromatic rings. The van der Waals surface area contributed by atoms with E-state index in [4.69, 9.17) is 42.1 Å². The summed E-state index contributed by atoms with van der Waals surface area (Å²) >= 11 is 13.1. The molecule has 4 aliphatic rings. The molecule has 10 nitrogen and oxygen atoms in total. The lowest BCUT2D eigenvalue weighted by atomic mass is 9.55. The molecule has 4 unspecified atom stereocenters. The molecule has 0 N–H and O–H groups in total. The van der Waals surface area contributed by atoms with Crippen LogP contribution in [-0.2, 0) is 14.4 Å². The maximum Gasteiger partial charge on any atom is 0.300 e. The lowest BCUT2D eigenvalue weighted by Gasteiger charge is -2.53. The number of benzene rings is 2. The molecule has 4 atom stereocenters. The van der Waals surface area contributed by atoms with E-state index in [0.29, 0.717) is 0 Å². The maximum absolute atomic E-state index is 13.8. The number of ketones is 4. The molecule has 2 aromatic carbocycles. The highest BCUT2D eigenvalue weighted by molar-refractivity contribution is 6.36. The van der Waals surface area contributed by atoms with E-state index >= 15 is 0 Å². The van der Waals surface area contributed by atoms with Gasteiger partial charge in [-0.25, -0.2) is 0 Å². The van der Waals surface area contributed by atoms with E-state index in [-0.39, 0.29) is 93.2 Å². The second kappa shape index (κ2) is 9.70. The molecule has 1 amide bonds. The minimum Gasteiger partial charge on any atom is -0.444 e. The predicted molar refractivity (Wildman–Crippen MR) is 149 cm³/mol. The average molecular weight is 616 g/mol. The number of hydrogen-bond donors (Lipinski definition) is 0. The number of rotatable bonds is 5. The normalized spacial score (nSPS) is 29.0. The number of ether oxygens (including phenoxy) is 4. The van der Waals surface area contributed by atoms with Gasteiger partial charge in [0, 0.05) is 49.2 Å². The van der Waals surface area contributed by atoms with Crippen molar-refractivity contribution in [3.05, 3.63) is 45.4 Å². The highest BCUT2D eigenvalue weighted by Crippen LogP contribution is 2.53. The molecule has 3 heterocycles. The monoisotopic (exact) mass is 615 g/mol. The van der Waals surface area contributed by atoms with Crippen LogP contribution >= 0.6 is 23.2 Å². The summed E-state index contributed by atoms with van der Waals surface area (Å²) in [4.78, 5) is 66.3. The van der Waals surface area contributed by atoms with E-state index in [0.717, 1.165) is 0 Å². The number of carbonyl (C=O) groups is 5. The third-order valence-corrected chi connectivity index (χ3v) is 9.18. The molecule has 0 spiro atoms. The third kappa shape index (κ3) is 4.34. The van der Waals surface area contributed by atoms with Crippen molar-refractivity contribution in [2.45, 2.75) is 53.1 Å². The fourth-order valence-electron chi connectivity index (χ4n) is 6.63. The van der Waals surface area contributed by atoms with Crippen LogP contribution in [0.5, 0.6) is 23.0 Å². The van der Waals surface area contributed by atoms with Crippen LogP contribution in [-0.4, -0.2) is 59.6 Å². The molecule has 220 valence electrons. The molecular formula is C30H27Cl2NO9. The third-order valence-electron chi connectivity index (χ3n) is 8.43. The summed E-state index contributed by atoms with van der Waals surface area (Å²) in [5.41, 5.74) is -1.64. The second-order valence-electron chi connectivity index (χ2n) is 11.9. The molecule has 42 heavy (non-hydrogen) atoms. The Kier molecular flexibility index (Phi) is 6.58. The van der Waals surface area contributed by atoms with Crippen LogP contribution in [0.4, 0.5) is 0 Å². The van der Waals surface area contributed by atoms with Crippen LogP contribution in [0.15, 0.2) is 24.3 Å². The highest BCUT2D eigenvalue weighted by atomic mass is 35.5. The number of Topliss-reactive ketones (excluding diaryl/α,β-unsaturated/α-hetero) is 4. The Morgan fingerprint density at radius 2 is 1.21 bits per heavy atom. The summed E-state index contributed by atoms with van der Waals surface area (Å²) in [6.45, 7) is 6.35. The molecule has 0 radical (unpaired) electrons. The zero-order valence-corrected chi connectivity index (χ0v) is 24.8. The van der Waals surface area contributed by atoms with Crippen molar-refractivity contribution in [3.8, 4) is 23.0 Å². The average Bonchev–Trinajstić information content (AvgIpc) is 3.56. The van der Waals surface area contributed by atoms with Gasteiger partial charge in [0.05, 0.1) is 15.6 Å². The van der Waals surface area contributed by atoms with Crippen LogP contribution < -0.4 is 18.9 Å². The molecule has 3 aliphatic heterocycles. The van der Waals surface area contributed by atoms with Crippen molar-refractivity contribution in [2.75, 3.05) is 13.1 Å². The summed E-state index contributed by atoms with van der Waals surface area (Å²) in [7, 11) is 0. The summed E-state index contributed by atoms with van der Waals surface area (Å²) < 4.78 is 22.0. The molecule has 2 fully saturated rings. The van der Waals surface area contributed by atoms with Crippen molar-refractivity contribution in [2.24, 2.45) is 16.7 Å². The fourth-order valence-corrected chi connectivity index (χ4v) is 7.20. The summed E-state index contributed by atoms with van der Waals surface area (Å²) in [6, 6.07) is 6.13. The summed E-state index contributed by atoms with van der Waals surface area (Å²) in [5.74, 6) is -1.08. The van der Waals surface area contributed by atoms with Crippen LogP contribution in [0.1, 0.15) is 61.3 Å². The number of piperidine rings is 1. The van der Waals surface area contributed by atoms with Crippen molar-refractivity contribution in [1.82, 2.24) is 4.90 Å². The topological polar surface area (TPSA) is 126 Å². The lowest BCUT2D eigenvalue weighted by Crippen LogP contribution is -2.63. The highest BCUT2D eigenvalue weighted by Gasteiger charge is 2.58. The van der Waals surface area contributed by atoms with Gasteiger partial charge in [-0.05, 0) is 37.1 Å². The van der Waals surface area contributed by atoms with Crippen LogP contribution in [0.3, 0.4) is 0 Å². The first-order chi connectivity index (χ1) is 19.7. The number of hydrogen-bond acceptors (Lipinski definition) is 9. The molecule has 0 aromatic heterocycles. The van der Waals surface area contributed by atoms with E-state index in [9.17, 15) is 24.0 Å². The number of nitrogens with zero attached hydrogens (tertiary/aromatic N) is 1. The van der Waals surface area contributed by atoms with Gasteiger partial charge in [0.15, 0.2) is 28.8 Å². The van der Waals surface area contributed by atoms with Gasteiger partial charge in [0.1, 0.15) is 5.78 Å². The van der Waals surface area contributed by atoms with Crippen LogP contribution in [0, 0.1) is 16.7 Å². The number of carbonyl (C=O) groups excluding carboxylic acids is 5. The number of fused-ring (bicyclic) bond motifs is 4. The first-order valence-corrected chi connectivity index (χ1v) is 14.2. The van der Waals surface area contributed by atoms with E-state index in [2.05, 4.69) is 0 Å². The first-order valence-electron chi connectivity index (χ1n) is 13.4. The van der Waals surface area contributed by atoms with Crippen LogP contribution in [0.25, 0.3) is 0 Å². The largest absolute Gasteiger partial charge is 0.444 e. The minimum atomic E-state index is -1.13. The van der Waals surface area contributed by atoms with Gasteiger partial charge in [-0.1, -0.05) is 37.0 Å². The quantitative estimate of drug-likeness (QED) is 0.440. The molecule has 2 bridgehead atoms. The van der Waals surface area contributed by atoms with Crippen LogP contribution in [0.2, 0.25) is 10.0 Å². The predicted octanol–water partition coefficient (Wildman–Crippen LogP) is 4.70. The Bertz CT molecular complexity index is 1470. The Hall–Kier alpha value is -3.63. The Morgan fingerprint density at radius 1 is 0.762 bits per heavy atom. The van der Waals surface area contributed by atoms with Crippen molar-refractivity contribution >= 4 is 52.2 Å².